The Morgan fingerprint density at radius 2 is 2.00 bits per heavy atom. The van der Waals surface area contributed by atoms with Crippen LogP contribution in [0.2, 0.25) is 0 Å². The monoisotopic (exact) mass is 366 g/mol. The number of hydrogen-bond donors (Lipinski definition) is 2. The van der Waals surface area contributed by atoms with Gasteiger partial charge in [-0.1, -0.05) is 0 Å². The van der Waals surface area contributed by atoms with Gasteiger partial charge in [0.2, 0.25) is 0 Å². The van der Waals surface area contributed by atoms with E-state index in [1.165, 1.54) is 6.07 Å². The predicted molar refractivity (Wildman–Crippen MR) is 79.5 cm³/mol. The summed E-state index contributed by atoms with van der Waals surface area (Å²) in [6.07, 6.45) is -2.03. The highest BCUT2D eigenvalue weighted by Gasteiger charge is 2.30. The third-order valence-electron chi connectivity index (χ3n) is 3.35. The van der Waals surface area contributed by atoms with Gasteiger partial charge in [0.05, 0.1) is 18.3 Å². The van der Waals surface area contributed by atoms with Crippen LogP contribution in [-0.4, -0.2) is 32.3 Å². The first-order chi connectivity index (χ1) is 9.97. The summed E-state index contributed by atoms with van der Waals surface area (Å²) in [6.45, 7) is 3.05. The average Bonchev–Trinajstić information content (AvgIpc) is 2.45. The topological polar surface area (TPSA) is 33.3 Å². The van der Waals surface area contributed by atoms with Crippen molar-refractivity contribution < 1.29 is 17.9 Å². The fourth-order valence-corrected chi connectivity index (χ4v) is 2.73. The highest BCUT2D eigenvalue weighted by atomic mass is 79.9. The Bertz CT molecular complexity index is 462. The summed E-state index contributed by atoms with van der Waals surface area (Å²) in [5, 5.41) is 6.34. The van der Waals surface area contributed by atoms with Gasteiger partial charge in [-0.2, -0.15) is 13.2 Å². The molecule has 0 spiro atoms. The molecular formula is C14H18BrF3N2O. The normalized spacial score (nSPS) is 17.0. The van der Waals surface area contributed by atoms with Crippen LogP contribution in [0.15, 0.2) is 22.7 Å². The van der Waals surface area contributed by atoms with Crippen LogP contribution >= 0.6 is 15.9 Å². The van der Waals surface area contributed by atoms with Crippen LogP contribution in [0.25, 0.3) is 0 Å². The van der Waals surface area contributed by atoms with E-state index < -0.39 is 11.7 Å². The van der Waals surface area contributed by atoms with Crippen LogP contribution < -0.4 is 10.6 Å². The lowest BCUT2D eigenvalue weighted by molar-refractivity contribution is -0.137. The molecular weight excluding hydrogens is 349 g/mol. The summed E-state index contributed by atoms with van der Waals surface area (Å²) in [5.41, 5.74) is -0.0252. The van der Waals surface area contributed by atoms with Crippen LogP contribution in [0.4, 0.5) is 18.9 Å². The van der Waals surface area contributed by atoms with E-state index in [1.807, 2.05) is 0 Å². The predicted octanol–water partition coefficient (Wildman–Crippen LogP) is 3.65. The molecule has 0 unspecified atom stereocenters. The van der Waals surface area contributed by atoms with E-state index in [9.17, 15) is 13.2 Å². The van der Waals surface area contributed by atoms with Crippen molar-refractivity contribution in [2.75, 3.05) is 31.6 Å². The first-order valence-electron chi connectivity index (χ1n) is 6.90. The molecule has 1 aliphatic heterocycles. The second-order valence-corrected chi connectivity index (χ2v) is 5.79. The van der Waals surface area contributed by atoms with Crippen molar-refractivity contribution in [3.8, 4) is 0 Å². The molecule has 1 heterocycles. The van der Waals surface area contributed by atoms with E-state index in [4.69, 9.17) is 4.74 Å². The second kappa shape index (κ2) is 7.47. The van der Waals surface area contributed by atoms with Gasteiger partial charge >= 0.3 is 6.18 Å². The maximum absolute atomic E-state index is 12.5. The minimum absolute atomic E-state index is 0.282. The average molecular weight is 367 g/mol. The maximum Gasteiger partial charge on any atom is 0.416 e. The molecule has 1 aromatic rings. The fourth-order valence-electron chi connectivity index (χ4n) is 2.21. The summed E-state index contributed by atoms with van der Waals surface area (Å²) in [5.74, 6) is 0. The third-order valence-corrected chi connectivity index (χ3v) is 4.01. The number of anilines is 1. The highest BCUT2D eigenvalue weighted by Crippen LogP contribution is 2.33. The minimum atomic E-state index is -4.32. The molecule has 118 valence electrons. The number of rotatable bonds is 5. The summed E-state index contributed by atoms with van der Waals surface area (Å²) in [7, 11) is 0. The summed E-state index contributed by atoms with van der Waals surface area (Å²) >= 11 is 3.16. The Morgan fingerprint density at radius 1 is 1.29 bits per heavy atom. The van der Waals surface area contributed by atoms with Crippen LogP contribution in [0.5, 0.6) is 0 Å². The van der Waals surface area contributed by atoms with Gasteiger partial charge in [-0.15, -0.1) is 0 Å². The zero-order valence-corrected chi connectivity index (χ0v) is 13.1. The number of ether oxygens (including phenoxy) is 1. The number of alkyl halides is 3. The SMILES string of the molecule is FC(F)(F)c1ccc(NCCOC2CCNCC2)c(Br)c1. The molecule has 1 aromatic carbocycles. The minimum Gasteiger partial charge on any atom is -0.382 e. The van der Waals surface area contributed by atoms with Gasteiger partial charge in [0, 0.05) is 16.7 Å². The molecule has 0 aromatic heterocycles. The van der Waals surface area contributed by atoms with Gasteiger partial charge < -0.3 is 15.4 Å². The Labute approximate surface area is 130 Å². The van der Waals surface area contributed by atoms with Gasteiger partial charge in [-0.05, 0) is 60.1 Å². The number of halogens is 4. The second-order valence-electron chi connectivity index (χ2n) is 4.94. The number of piperidine rings is 1. The number of nitrogens with one attached hydrogen (secondary N) is 2. The van der Waals surface area contributed by atoms with E-state index in [-0.39, 0.29) is 6.10 Å². The van der Waals surface area contributed by atoms with Crippen LogP contribution in [0, 0.1) is 0 Å². The fraction of sp³-hybridized carbons (Fsp3) is 0.571. The zero-order valence-electron chi connectivity index (χ0n) is 11.5. The maximum atomic E-state index is 12.5. The van der Waals surface area contributed by atoms with Gasteiger partial charge in [0.15, 0.2) is 0 Å². The van der Waals surface area contributed by atoms with E-state index in [0.29, 0.717) is 23.3 Å². The molecule has 2 N–H and O–H groups in total. The molecule has 0 aliphatic carbocycles. The lowest BCUT2D eigenvalue weighted by Gasteiger charge is -2.23. The van der Waals surface area contributed by atoms with Crippen molar-refractivity contribution >= 4 is 21.6 Å². The molecule has 2 rings (SSSR count). The van der Waals surface area contributed by atoms with E-state index >= 15 is 0 Å². The molecule has 21 heavy (non-hydrogen) atoms. The van der Waals surface area contributed by atoms with Crippen LogP contribution in [-0.2, 0) is 10.9 Å². The largest absolute Gasteiger partial charge is 0.416 e. The Hall–Kier alpha value is -0.790. The Balaban J connectivity index is 1.78. The molecule has 0 bridgehead atoms. The molecule has 0 atom stereocenters. The number of benzene rings is 1. The molecule has 3 nitrogen and oxygen atoms in total. The first-order valence-corrected chi connectivity index (χ1v) is 7.69. The zero-order chi connectivity index (χ0) is 15.3. The van der Waals surface area contributed by atoms with Crippen molar-refractivity contribution in [2.24, 2.45) is 0 Å². The van der Waals surface area contributed by atoms with Gasteiger partial charge in [0.25, 0.3) is 0 Å². The van der Waals surface area contributed by atoms with Crippen molar-refractivity contribution in [3.05, 3.63) is 28.2 Å². The van der Waals surface area contributed by atoms with E-state index in [1.54, 1.807) is 0 Å². The van der Waals surface area contributed by atoms with Gasteiger partial charge in [-0.25, -0.2) is 0 Å². The molecule has 1 aliphatic rings. The van der Waals surface area contributed by atoms with Crippen molar-refractivity contribution in [1.82, 2.24) is 5.32 Å². The quantitative estimate of drug-likeness (QED) is 0.780. The van der Waals surface area contributed by atoms with Crippen molar-refractivity contribution in [1.29, 1.82) is 0 Å². The molecule has 1 fully saturated rings. The van der Waals surface area contributed by atoms with Crippen molar-refractivity contribution in [2.45, 2.75) is 25.1 Å². The van der Waals surface area contributed by atoms with Crippen molar-refractivity contribution in [3.63, 3.8) is 0 Å². The third kappa shape index (κ3) is 5.16. The molecule has 0 amide bonds. The molecule has 0 radical (unpaired) electrons. The van der Waals surface area contributed by atoms with E-state index in [0.717, 1.165) is 38.1 Å². The van der Waals surface area contributed by atoms with Gasteiger partial charge in [-0.3, -0.25) is 0 Å². The smallest absolute Gasteiger partial charge is 0.382 e. The summed E-state index contributed by atoms with van der Waals surface area (Å²) in [4.78, 5) is 0. The Kier molecular flexibility index (Phi) is 5.89. The van der Waals surface area contributed by atoms with Gasteiger partial charge in [0.1, 0.15) is 0 Å². The lowest BCUT2D eigenvalue weighted by Crippen LogP contribution is -2.33. The van der Waals surface area contributed by atoms with Crippen LogP contribution in [0.3, 0.4) is 0 Å². The summed E-state index contributed by atoms with van der Waals surface area (Å²) in [6, 6.07) is 3.58. The molecule has 0 saturated carbocycles. The first kappa shape index (κ1) is 16.6. The highest BCUT2D eigenvalue weighted by molar-refractivity contribution is 9.10. The molecule has 1 saturated heterocycles. The lowest BCUT2D eigenvalue weighted by atomic mass is 10.1. The van der Waals surface area contributed by atoms with E-state index in [2.05, 4.69) is 26.6 Å². The Morgan fingerprint density at radius 3 is 2.62 bits per heavy atom. The van der Waals surface area contributed by atoms with Crippen LogP contribution in [0.1, 0.15) is 18.4 Å². The molecule has 7 heteroatoms. The standard InChI is InChI=1S/C14H18BrF3N2O/c15-12-9-10(14(16,17)18)1-2-13(12)20-7-8-21-11-3-5-19-6-4-11/h1-2,9,11,19-20H,3-8H2. The number of hydrogen-bond acceptors (Lipinski definition) is 3. The summed E-state index contributed by atoms with van der Waals surface area (Å²) < 4.78 is 43.8.